The van der Waals surface area contributed by atoms with Gasteiger partial charge in [0.1, 0.15) is 0 Å². The third kappa shape index (κ3) is 3.25. The third-order valence-electron chi connectivity index (χ3n) is 2.74. The van der Waals surface area contributed by atoms with Gasteiger partial charge in [-0.2, -0.15) is 0 Å². The molecule has 0 saturated heterocycles. The smallest absolute Gasteiger partial charge is 0.314 e. The summed E-state index contributed by atoms with van der Waals surface area (Å²) < 4.78 is 0. The van der Waals surface area contributed by atoms with Crippen LogP contribution in [0.4, 0.5) is 4.79 Å². The van der Waals surface area contributed by atoms with Crippen LogP contribution >= 0.6 is 0 Å². The fourth-order valence-corrected chi connectivity index (χ4v) is 2.32. The number of hydrogen-bond acceptors (Lipinski definition) is 1. The van der Waals surface area contributed by atoms with Gasteiger partial charge in [-0.3, -0.25) is 0 Å². The van der Waals surface area contributed by atoms with Gasteiger partial charge < -0.3 is 10.6 Å². The number of nitrogens with one attached hydrogen (secondary N) is 2. The van der Waals surface area contributed by atoms with Crippen molar-refractivity contribution >= 4 is 6.03 Å². The molecule has 3 heteroatoms. The topological polar surface area (TPSA) is 41.1 Å². The van der Waals surface area contributed by atoms with E-state index in [1.165, 1.54) is 6.42 Å². The molecule has 1 aliphatic carbocycles. The van der Waals surface area contributed by atoms with Gasteiger partial charge in [0.2, 0.25) is 0 Å². The lowest BCUT2D eigenvalue weighted by molar-refractivity contribution is 0.215. The Morgan fingerprint density at radius 1 is 1.15 bits per heavy atom. The molecule has 2 atom stereocenters. The molecule has 1 saturated carbocycles. The summed E-state index contributed by atoms with van der Waals surface area (Å²) in [5.41, 5.74) is 0. The van der Waals surface area contributed by atoms with E-state index in [2.05, 4.69) is 24.5 Å². The average Bonchev–Trinajstić information content (AvgIpc) is 2.02. The summed E-state index contributed by atoms with van der Waals surface area (Å²) in [6, 6.07) is 0.324. The first-order valence-electron chi connectivity index (χ1n) is 5.10. The lowest BCUT2D eigenvalue weighted by atomic mass is 9.80. The Bertz CT molecular complexity index is 172. The van der Waals surface area contributed by atoms with Gasteiger partial charge in [-0.25, -0.2) is 4.79 Å². The normalized spacial score (nSPS) is 33.9. The number of hydrogen-bond donors (Lipinski definition) is 2. The maximum Gasteiger partial charge on any atom is 0.314 e. The minimum Gasteiger partial charge on any atom is -0.341 e. The highest BCUT2D eigenvalue weighted by Gasteiger charge is 2.24. The maximum absolute atomic E-state index is 11.1. The first-order chi connectivity index (χ1) is 6.11. The molecule has 2 amide bonds. The van der Waals surface area contributed by atoms with Gasteiger partial charge in [0.05, 0.1) is 0 Å². The minimum absolute atomic E-state index is 0.0497. The van der Waals surface area contributed by atoms with Crippen LogP contribution in [0.25, 0.3) is 0 Å². The van der Waals surface area contributed by atoms with Crippen molar-refractivity contribution in [2.24, 2.45) is 11.8 Å². The Morgan fingerprint density at radius 2 is 1.69 bits per heavy atom. The van der Waals surface area contributed by atoms with Crippen LogP contribution in [-0.4, -0.2) is 19.1 Å². The maximum atomic E-state index is 11.1. The first kappa shape index (κ1) is 10.4. The molecule has 3 nitrogen and oxygen atoms in total. The molecule has 1 aliphatic rings. The lowest BCUT2D eigenvalue weighted by Crippen LogP contribution is -2.43. The zero-order valence-corrected chi connectivity index (χ0v) is 8.76. The Labute approximate surface area is 80.3 Å². The van der Waals surface area contributed by atoms with E-state index in [0.29, 0.717) is 6.04 Å². The summed E-state index contributed by atoms with van der Waals surface area (Å²) in [6.07, 6.45) is 3.54. The summed E-state index contributed by atoms with van der Waals surface area (Å²) in [4.78, 5) is 11.1. The van der Waals surface area contributed by atoms with Crippen molar-refractivity contribution in [1.29, 1.82) is 0 Å². The molecule has 76 valence electrons. The van der Waals surface area contributed by atoms with Crippen molar-refractivity contribution in [1.82, 2.24) is 10.6 Å². The highest BCUT2D eigenvalue weighted by atomic mass is 16.2. The van der Waals surface area contributed by atoms with Gasteiger partial charge in [0.25, 0.3) is 0 Å². The Kier molecular flexibility index (Phi) is 3.58. The number of urea groups is 1. The van der Waals surface area contributed by atoms with Crippen LogP contribution in [-0.2, 0) is 0 Å². The number of rotatable bonds is 1. The van der Waals surface area contributed by atoms with Crippen molar-refractivity contribution in [3.8, 4) is 0 Å². The van der Waals surface area contributed by atoms with Crippen molar-refractivity contribution in [2.75, 3.05) is 7.05 Å². The number of carbonyl (C=O) groups is 1. The van der Waals surface area contributed by atoms with Crippen LogP contribution in [0.15, 0.2) is 0 Å². The fraction of sp³-hybridized carbons (Fsp3) is 0.900. The molecule has 1 fully saturated rings. The van der Waals surface area contributed by atoms with Gasteiger partial charge in [-0.05, 0) is 31.1 Å². The van der Waals surface area contributed by atoms with Crippen LogP contribution in [0.5, 0.6) is 0 Å². The number of amides is 2. The van der Waals surface area contributed by atoms with E-state index in [1.807, 2.05) is 0 Å². The van der Waals surface area contributed by atoms with Gasteiger partial charge in [-0.1, -0.05) is 13.8 Å². The van der Waals surface area contributed by atoms with Crippen LogP contribution < -0.4 is 10.6 Å². The second kappa shape index (κ2) is 4.49. The van der Waals surface area contributed by atoms with Crippen molar-refractivity contribution < 1.29 is 4.79 Å². The largest absolute Gasteiger partial charge is 0.341 e. The Morgan fingerprint density at radius 3 is 2.15 bits per heavy atom. The van der Waals surface area contributed by atoms with Gasteiger partial charge in [0.15, 0.2) is 0 Å². The molecular formula is C10H20N2O. The highest BCUT2D eigenvalue weighted by molar-refractivity contribution is 5.73. The zero-order valence-electron chi connectivity index (χ0n) is 8.76. The molecule has 1 rings (SSSR count). The van der Waals surface area contributed by atoms with Crippen LogP contribution in [0.1, 0.15) is 33.1 Å². The molecule has 0 radical (unpaired) electrons. The summed E-state index contributed by atoms with van der Waals surface area (Å²) in [5.74, 6) is 1.48. The highest BCUT2D eigenvalue weighted by Crippen LogP contribution is 2.28. The molecule has 0 heterocycles. The SMILES string of the molecule is CNC(=O)NC1CC(C)CC(C)C1. The summed E-state index contributed by atoms with van der Waals surface area (Å²) >= 11 is 0. The molecular weight excluding hydrogens is 164 g/mol. The molecule has 0 aromatic rings. The standard InChI is InChI=1S/C10H20N2O/c1-7-4-8(2)6-9(5-7)12-10(13)11-3/h7-9H,4-6H2,1-3H3,(H2,11,12,13). The quantitative estimate of drug-likeness (QED) is 0.640. The molecule has 0 spiro atoms. The van der Waals surface area contributed by atoms with Crippen molar-refractivity contribution in [2.45, 2.75) is 39.2 Å². The molecule has 0 aromatic carbocycles. The van der Waals surface area contributed by atoms with Crippen molar-refractivity contribution in [3.05, 3.63) is 0 Å². The predicted molar refractivity (Wildman–Crippen MR) is 53.6 cm³/mol. The van der Waals surface area contributed by atoms with Crippen LogP contribution in [0.3, 0.4) is 0 Å². The zero-order chi connectivity index (χ0) is 9.84. The third-order valence-corrected chi connectivity index (χ3v) is 2.74. The summed E-state index contributed by atoms with van der Waals surface area (Å²) in [5, 5.41) is 5.57. The van der Waals surface area contributed by atoms with Crippen LogP contribution in [0.2, 0.25) is 0 Å². The predicted octanol–water partition coefficient (Wildman–Crippen LogP) is 1.74. The fourth-order valence-electron chi connectivity index (χ4n) is 2.32. The second-order valence-electron chi connectivity index (χ2n) is 4.34. The first-order valence-corrected chi connectivity index (χ1v) is 5.10. The van der Waals surface area contributed by atoms with E-state index < -0.39 is 0 Å². The molecule has 13 heavy (non-hydrogen) atoms. The van der Waals surface area contributed by atoms with Gasteiger partial charge in [0, 0.05) is 13.1 Å². The summed E-state index contributed by atoms with van der Waals surface area (Å²) in [7, 11) is 1.66. The molecule has 0 aromatic heterocycles. The number of carbonyl (C=O) groups excluding carboxylic acids is 1. The van der Waals surface area contributed by atoms with Gasteiger partial charge in [-0.15, -0.1) is 0 Å². The molecule has 2 N–H and O–H groups in total. The average molecular weight is 184 g/mol. The van der Waals surface area contributed by atoms with E-state index in [9.17, 15) is 4.79 Å². The molecule has 2 unspecified atom stereocenters. The lowest BCUT2D eigenvalue weighted by Gasteiger charge is -2.31. The van der Waals surface area contributed by atoms with Crippen LogP contribution in [0, 0.1) is 11.8 Å². The monoisotopic (exact) mass is 184 g/mol. The second-order valence-corrected chi connectivity index (χ2v) is 4.34. The van der Waals surface area contributed by atoms with E-state index in [4.69, 9.17) is 0 Å². The van der Waals surface area contributed by atoms with E-state index in [1.54, 1.807) is 7.05 Å². The van der Waals surface area contributed by atoms with E-state index >= 15 is 0 Å². The molecule has 0 aliphatic heterocycles. The Balaban J connectivity index is 2.37. The molecule has 0 bridgehead atoms. The van der Waals surface area contributed by atoms with E-state index in [0.717, 1.165) is 24.7 Å². The van der Waals surface area contributed by atoms with Crippen molar-refractivity contribution in [3.63, 3.8) is 0 Å². The van der Waals surface area contributed by atoms with E-state index in [-0.39, 0.29) is 6.03 Å². The minimum atomic E-state index is -0.0497. The summed E-state index contributed by atoms with van der Waals surface area (Å²) in [6.45, 7) is 4.52. The van der Waals surface area contributed by atoms with Gasteiger partial charge >= 0.3 is 6.03 Å². The Hall–Kier alpha value is -0.730.